The summed E-state index contributed by atoms with van der Waals surface area (Å²) in [5.41, 5.74) is 1.47. The van der Waals surface area contributed by atoms with Crippen LogP contribution in [-0.4, -0.2) is 22.9 Å². The van der Waals surface area contributed by atoms with Crippen molar-refractivity contribution in [1.29, 1.82) is 0 Å². The first-order valence-electron chi connectivity index (χ1n) is 6.31. The second-order valence-electron chi connectivity index (χ2n) is 4.79. The molecule has 1 aliphatic heterocycles. The van der Waals surface area contributed by atoms with Crippen LogP contribution in [0, 0.1) is 11.7 Å². The van der Waals surface area contributed by atoms with Crippen LogP contribution in [0.4, 0.5) is 4.39 Å². The van der Waals surface area contributed by atoms with Crippen molar-refractivity contribution in [2.45, 2.75) is 13.0 Å². The second-order valence-corrected chi connectivity index (χ2v) is 4.79. The van der Waals surface area contributed by atoms with Gasteiger partial charge >= 0.3 is 0 Å². The number of hydrogen-bond donors (Lipinski definition) is 1. The number of nitrogens with one attached hydrogen (secondary N) is 1. The summed E-state index contributed by atoms with van der Waals surface area (Å²) in [6.45, 7) is 3.04. The predicted octanol–water partition coefficient (Wildman–Crippen LogP) is 2.30. The lowest BCUT2D eigenvalue weighted by Crippen LogP contribution is -2.14. The van der Waals surface area contributed by atoms with E-state index in [1.165, 1.54) is 12.5 Å². The number of nitrogens with zero attached hydrogens (tertiary/aromatic N) is 2. The first kappa shape index (κ1) is 11.4. The fourth-order valence-corrected chi connectivity index (χ4v) is 2.43. The van der Waals surface area contributed by atoms with Gasteiger partial charge in [-0.25, -0.2) is 4.39 Å². The molecule has 2 heterocycles. The third kappa shape index (κ3) is 2.29. The molecule has 2 aromatic rings. The molecule has 1 N–H and O–H groups in total. The summed E-state index contributed by atoms with van der Waals surface area (Å²) >= 11 is 0. The summed E-state index contributed by atoms with van der Waals surface area (Å²) in [5, 5.41) is 7.66. The van der Waals surface area contributed by atoms with Gasteiger partial charge in [-0.2, -0.15) is 5.10 Å². The third-order valence-corrected chi connectivity index (χ3v) is 3.43. The molecule has 0 amide bonds. The van der Waals surface area contributed by atoms with Gasteiger partial charge in [-0.1, -0.05) is 18.2 Å². The van der Waals surface area contributed by atoms with Crippen molar-refractivity contribution in [2.75, 3.05) is 13.1 Å². The number of aromatic nitrogens is 2. The van der Waals surface area contributed by atoms with Gasteiger partial charge in [-0.3, -0.25) is 4.68 Å². The standard InChI is InChI=1S/C14H16FN3/c15-14-4-2-1-3-13(14)12-8-17-18(10-12)9-11-5-6-16-7-11/h1-4,8,10-11,16H,5-7,9H2. The lowest BCUT2D eigenvalue weighted by Gasteiger charge is -2.07. The molecule has 0 spiro atoms. The minimum absolute atomic E-state index is 0.195. The topological polar surface area (TPSA) is 29.9 Å². The van der Waals surface area contributed by atoms with Crippen molar-refractivity contribution in [3.8, 4) is 11.1 Å². The number of rotatable bonds is 3. The molecular formula is C14H16FN3. The van der Waals surface area contributed by atoms with Crippen LogP contribution in [0.3, 0.4) is 0 Å². The molecule has 3 rings (SSSR count). The van der Waals surface area contributed by atoms with Crippen LogP contribution >= 0.6 is 0 Å². The minimum Gasteiger partial charge on any atom is -0.316 e. The van der Waals surface area contributed by atoms with Crippen LogP contribution in [0.2, 0.25) is 0 Å². The lowest BCUT2D eigenvalue weighted by atomic mass is 10.1. The van der Waals surface area contributed by atoms with Gasteiger partial charge in [-0.15, -0.1) is 0 Å². The maximum absolute atomic E-state index is 13.6. The quantitative estimate of drug-likeness (QED) is 0.899. The van der Waals surface area contributed by atoms with Gasteiger partial charge < -0.3 is 5.32 Å². The maximum atomic E-state index is 13.6. The minimum atomic E-state index is -0.195. The SMILES string of the molecule is Fc1ccccc1-c1cnn(CC2CCNC2)c1. The monoisotopic (exact) mass is 245 g/mol. The Hall–Kier alpha value is -1.68. The molecule has 0 saturated carbocycles. The van der Waals surface area contributed by atoms with Crippen molar-refractivity contribution in [3.05, 3.63) is 42.5 Å². The highest BCUT2D eigenvalue weighted by Crippen LogP contribution is 2.22. The number of hydrogen-bond acceptors (Lipinski definition) is 2. The van der Waals surface area contributed by atoms with Crippen LogP contribution in [0.25, 0.3) is 11.1 Å². The molecule has 1 aliphatic rings. The smallest absolute Gasteiger partial charge is 0.131 e. The first-order valence-corrected chi connectivity index (χ1v) is 6.31. The average molecular weight is 245 g/mol. The van der Waals surface area contributed by atoms with E-state index in [2.05, 4.69) is 10.4 Å². The van der Waals surface area contributed by atoms with Crippen LogP contribution in [-0.2, 0) is 6.54 Å². The van der Waals surface area contributed by atoms with E-state index in [9.17, 15) is 4.39 Å². The van der Waals surface area contributed by atoms with Gasteiger partial charge in [0.05, 0.1) is 6.20 Å². The Morgan fingerprint density at radius 2 is 2.28 bits per heavy atom. The highest BCUT2D eigenvalue weighted by molar-refractivity contribution is 5.62. The Morgan fingerprint density at radius 3 is 3.06 bits per heavy atom. The molecule has 18 heavy (non-hydrogen) atoms. The molecule has 1 fully saturated rings. The average Bonchev–Trinajstić information content (AvgIpc) is 3.02. The van der Waals surface area contributed by atoms with Gasteiger partial charge in [0.25, 0.3) is 0 Å². The van der Waals surface area contributed by atoms with Gasteiger partial charge in [-0.05, 0) is 31.5 Å². The highest BCUT2D eigenvalue weighted by Gasteiger charge is 2.15. The van der Waals surface area contributed by atoms with E-state index in [4.69, 9.17) is 0 Å². The largest absolute Gasteiger partial charge is 0.316 e. The highest BCUT2D eigenvalue weighted by atomic mass is 19.1. The molecule has 0 bridgehead atoms. The Labute approximate surface area is 106 Å². The molecule has 3 nitrogen and oxygen atoms in total. The first-order chi connectivity index (χ1) is 8.83. The van der Waals surface area contributed by atoms with Crippen LogP contribution < -0.4 is 5.32 Å². The molecule has 1 atom stereocenters. The Bertz CT molecular complexity index is 529. The fraction of sp³-hybridized carbons (Fsp3) is 0.357. The third-order valence-electron chi connectivity index (χ3n) is 3.43. The number of halogens is 1. The van der Waals surface area contributed by atoms with Crippen LogP contribution in [0.5, 0.6) is 0 Å². The Kier molecular flexibility index (Phi) is 3.11. The van der Waals surface area contributed by atoms with Gasteiger partial charge in [0.15, 0.2) is 0 Å². The molecular weight excluding hydrogens is 229 g/mol. The van der Waals surface area contributed by atoms with E-state index < -0.39 is 0 Å². The molecule has 1 aromatic carbocycles. The summed E-state index contributed by atoms with van der Waals surface area (Å²) in [6, 6.07) is 6.81. The van der Waals surface area contributed by atoms with Crippen molar-refractivity contribution >= 4 is 0 Å². The zero-order chi connectivity index (χ0) is 12.4. The summed E-state index contributed by atoms with van der Waals surface area (Å²) in [4.78, 5) is 0. The lowest BCUT2D eigenvalue weighted by molar-refractivity contribution is 0.449. The zero-order valence-electron chi connectivity index (χ0n) is 10.1. The summed E-state index contributed by atoms with van der Waals surface area (Å²) in [7, 11) is 0. The van der Waals surface area contributed by atoms with E-state index in [-0.39, 0.29) is 5.82 Å². The molecule has 0 aliphatic carbocycles. The molecule has 1 saturated heterocycles. The van der Waals surface area contributed by atoms with Crippen molar-refractivity contribution in [1.82, 2.24) is 15.1 Å². The van der Waals surface area contributed by atoms with Crippen molar-refractivity contribution < 1.29 is 4.39 Å². The molecule has 0 radical (unpaired) electrons. The summed E-state index contributed by atoms with van der Waals surface area (Å²) in [5.74, 6) is 0.443. The Morgan fingerprint density at radius 1 is 1.39 bits per heavy atom. The van der Waals surface area contributed by atoms with Gasteiger partial charge in [0, 0.05) is 23.9 Å². The van der Waals surface area contributed by atoms with Gasteiger partial charge in [0.2, 0.25) is 0 Å². The van der Waals surface area contributed by atoms with E-state index >= 15 is 0 Å². The molecule has 4 heteroatoms. The van der Waals surface area contributed by atoms with Gasteiger partial charge in [0.1, 0.15) is 5.82 Å². The predicted molar refractivity (Wildman–Crippen MR) is 68.6 cm³/mol. The van der Waals surface area contributed by atoms with Crippen molar-refractivity contribution in [2.24, 2.45) is 5.92 Å². The van der Waals surface area contributed by atoms with Crippen LogP contribution in [0.15, 0.2) is 36.7 Å². The number of benzene rings is 1. The van der Waals surface area contributed by atoms with Crippen molar-refractivity contribution in [3.63, 3.8) is 0 Å². The fourth-order valence-electron chi connectivity index (χ4n) is 2.43. The summed E-state index contributed by atoms with van der Waals surface area (Å²) in [6.07, 6.45) is 4.85. The van der Waals surface area contributed by atoms with Crippen LogP contribution in [0.1, 0.15) is 6.42 Å². The molecule has 94 valence electrons. The van der Waals surface area contributed by atoms with E-state index in [1.807, 2.05) is 16.9 Å². The van der Waals surface area contributed by atoms with E-state index in [0.29, 0.717) is 11.5 Å². The Balaban J connectivity index is 1.79. The normalized spacial score (nSPS) is 19.3. The molecule has 1 unspecified atom stereocenters. The van der Waals surface area contributed by atoms with E-state index in [0.717, 1.165) is 25.2 Å². The zero-order valence-corrected chi connectivity index (χ0v) is 10.1. The second kappa shape index (κ2) is 4.90. The summed E-state index contributed by atoms with van der Waals surface area (Å²) < 4.78 is 15.6. The maximum Gasteiger partial charge on any atom is 0.131 e. The van der Waals surface area contributed by atoms with E-state index in [1.54, 1.807) is 18.3 Å². The molecule has 1 aromatic heterocycles.